The molecule has 7 heteroatoms. The largest absolute Gasteiger partial charge is 0.392 e. The summed E-state index contributed by atoms with van der Waals surface area (Å²) in [5, 5.41) is 16.8. The van der Waals surface area contributed by atoms with E-state index in [9.17, 15) is 5.11 Å². The van der Waals surface area contributed by atoms with Crippen LogP contribution in [0.2, 0.25) is 0 Å². The van der Waals surface area contributed by atoms with Crippen molar-refractivity contribution >= 4 is 0 Å². The highest BCUT2D eigenvalue weighted by atomic mass is 16.5. The Labute approximate surface area is 112 Å². The molecule has 19 heavy (non-hydrogen) atoms. The number of nitrogens with zero attached hydrogens (tertiary/aromatic N) is 4. The molecule has 2 fully saturated rings. The predicted octanol–water partition coefficient (Wildman–Crippen LogP) is -0.617. The van der Waals surface area contributed by atoms with Gasteiger partial charge in [-0.1, -0.05) is 5.16 Å². The molecule has 1 aromatic heterocycles. The van der Waals surface area contributed by atoms with E-state index in [1.807, 2.05) is 0 Å². The number of hydrogen-bond donors (Lipinski definition) is 2. The minimum Gasteiger partial charge on any atom is -0.392 e. The number of nitrogens with one attached hydrogen (secondary N) is 1. The lowest BCUT2D eigenvalue weighted by Crippen LogP contribution is -2.45. The first kappa shape index (κ1) is 13.0. The molecule has 0 aliphatic carbocycles. The number of aromatic nitrogens is 2. The fraction of sp³-hybridized carbons (Fsp3) is 0.833. The van der Waals surface area contributed by atoms with Gasteiger partial charge in [-0.15, -0.1) is 0 Å². The average molecular weight is 267 g/mol. The van der Waals surface area contributed by atoms with Crippen molar-refractivity contribution in [2.45, 2.75) is 24.6 Å². The Morgan fingerprint density at radius 1 is 1.37 bits per heavy atom. The Morgan fingerprint density at radius 3 is 2.95 bits per heavy atom. The van der Waals surface area contributed by atoms with Crippen LogP contribution in [-0.4, -0.2) is 71.4 Å². The number of rotatable bonds is 2. The van der Waals surface area contributed by atoms with E-state index in [4.69, 9.17) is 4.52 Å². The van der Waals surface area contributed by atoms with Crippen molar-refractivity contribution in [3.05, 3.63) is 11.7 Å². The maximum Gasteiger partial charge on any atom is 0.243 e. The van der Waals surface area contributed by atoms with Crippen molar-refractivity contribution < 1.29 is 9.63 Å². The van der Waals surface area contributed by atoms with E-state index in [1.54, 1.807) is 0 Å². The second-order valence-electron chi connectivity index (χ2n) is 5.60. The van der Waals surface area contributed by atoms with Gasteiger partial charge in [-0.05, 0) is 20.5 Å². The van der Waals surface area contributed by atoms with Crippen LogP contribution in [0, 0.1) is 0 Å². The summed E-state index contributed by atoms with van der Waals surface area (Å²) in [6.45, 7) is 3.57. The average Bonchev–Trinajstić information content (AvgIpc) is 3.00. The highest BCUT2D eigenvalue weighted by Crippen LogP contribution is 2.25. The summed E-state index contributed by atoms with van der Waals surface area (Å²) in [6, 6.07) is 0.172. The zero-order valence-electron chi connectivity index (χ0n) is 11.4. The van der Waals surface area contributed by atoms with Gasteiger partial charge in [0.2, 0.25) is 5.89 Å². The molecular weight excluding hydrogens is 246 g/mol. The molecule has 1 unspecified atom stereocenters. The normalized spacial score (nSPS) is 33.9. The third-order valence-electron chi connectivity index (χ3n) is 4.01. The number of likely N-dealkylation sites (N-methyl/N-ethyl adjacent to an activating group) is 2. The molecular formula is C12H21N5O2. The molecule has 0 saturated carbocycles. The molecule has 0 radical (unpaired) electrons. The van der Waals surface area contributed by atoms with Gasteiger partial charge in [-0.2, -0.15) is 4.98 Å². The number of β-amino-alcohol motifs (C(OH)–C–C–N with tert-alkyl or cyclic N) is 1. The van der Waals surface area contributed by atoms with E-state index in [0.717, 1.165) is 25.5 Å². The van der Waals surface area contributed by atoms with Crippen LogP contribution in [0.5, 0.6) is 0 Å². The molecule has 3 rings (SSSR count). The summed E-state index contributed by atoms with van der Waals surface area (Å²) in [6.07, 6.45) is 0.325. The SMILES string of the molecule is CN1CCN(C)C(c2noc([C@@H]3C[C@@H](O)CN3)n2)C1. The standard InChI is InChI=1S/C12H21N5O2/c1-16-3-4-17(2)10(7-16)11-14-12(19-15-11)9-5-8(18)6-13-9/h8-10,13,18H,3-7H2,1-2H3/t8-,9+,10?/m1/s1. The highest BCUT2D eigenvalue weighted by Gasteiger charge is 2.31. The van der Waals surface area contributed by atoms with E-state index in [2.05, 4.69) is 39.4 Å². The molecule has 0 aromatic carbocycles. The van der Waals surface area contributed by atoms with Crippen LogP contribution in [0.25, 0.3) is 0 Å². The van der Waals surface area contributed by atoms with Gasteiger partial charge in [0.05, 0.1) is 18.2 Å². The molecule has 2 aliphatic rings. The molecule has 7 nitrogen and oxygen atoms in total. The smallest absolute Gasteiger partial charge is 0.243 e. The summed E-state index contributed by atoms with van der Waals surface area (Å²) in [5.41, 5.74) is 0. The Balaban J connectivity index is 1.73. The summed E-state index contributed by atoms with van der Waals surface area (Å²) >= 11 is 0. The van der Waals surface area contributed by atoms with Crippen molar-refractivity contribution in [1.29, 1.82) is 0 Å². The summed E-state index contributed by atoms with van der Waals surface area (Å²) in [7, 11) is 4.20. The quantitative estimate of drug-likeness (QED) is 0.739. The molecule has 3 heterocycles. The van der Waals surface area contributed by atoms with E-state index in [1.165, 1.54) is 0 Å². The lowest BCUT2D eigenvalue weighted by molar-refractivity contribution is 0.108. The molecule has 2 N–H and O–H groups in total. The van der Waals surface area contributed by atoms with Gasteiger partial charge in [-0.3, -0.25) is 4.90 Å². The molecule has 0 amide bonds. The number of aliphatic hydroxyl groups is 1. The van der Waals surface area contributed by atoms with Crippen LogP contribution in [0.3, 0.4) is 0 Å². The second kappa shape index (κ2) is 5.16. The molecule has 2 saturated heterocycles. The highest BCUT2D eigenvalue weighted by molar-refractivity contribution is 5.02. The Kier molecular flexibility index (Phi) is 3.53. The zero-order valence-corrected chi connectivity index (χ0v) is 11.4. The van der Waals surface area contributed by atoms with Crippen LogP contribution in [0.4, 0.5) is 0 Å². The van der Waals surface area contributed by atoms with Crippen molar-refractivity contribution in [2.75, 3.05) is 40.3 Å². The van der Waals surface area contributed by atoms with Crippen molar-refractivity contribution in [3.8, 4) is 0 Å². The third kappa shape index (κ3) is 2.64. The van der Waals surface area contributed by atoms with Crippen molar-refractivity contribution in [3.63, 3.8) is 0 Å². The summed E-state index contributed by atoms with van der Waals surface area (Å²) < 4.78 is 5.35. The molecule has 1 aromatic rings. The minimum atomic E-state index is -0.316. The molecule has 106 valence electrons. The van der Waals surface area contributed by atoms with Gasteiger partial charge in [0.25, 0.3) is 0 Å². The Hall–Kier alpha value is -1.02. The van der Waals surface area contributed by atoms with Gasteiger partial charge in [0, 0.05) is 26.2 Å². The van der Waals surface area contributed by atoms with Crippen LogP contribution < -0.4 is 5.32 Å². The predicted molar refractivity (Wildman–Crippen MR) is 68.5 cm³/mol. The minimum absolute atomic E-state index is 0.0112. The molecule has 0 spiro atoms. The number of aliphatic hydroxyl groups excluding tert-OH is 1. The van der Waals surface area contributed by atoms with Crippen molar-refractivity contribution in [2.24, 2.45) is 0 Å². The molecule has 3 atom stereocenters. The van der Waals surface area contributed by atoms with E-state index in [-0.39, 0.29) is 18.2 Å². The first-order chi connectivity index (χ1) is 9.13. The third-order valence-corrected chi connectivity index (χ3v) is 4.01. The Bertz CT molecular complexity index is 438. The molecule has 2 aliphatic heterocycles. The van der Waals surface area contributed by atoms with Crippen LogP contribution in [-0.2, 0) is 0 Å². The maximum absolute atomic E-state index is 9.53. The number of piperazine rings is 1. The van der Waals surface area contributed by atoms with Crippen LogP contribution in [0.15, 0.2) is 4.52 Å². The summed E-state index contributed by atoms with van der Waals surface area (Å²) in [4.78, 5) is 9.05. The van der Waals surface area contributed by atoms with Crippen LogP contribution >= 0.6 is 0 Å². The van der Waals surface area contributed by atoms with Gasteiger partial charge in [-0.25, -0.2) is 0 Å². The van der Waals surface area contributed by atoms with Gasteiger partial charge >= 0.3 is 0 Å². The van der Waals surface area contributed by atoms with Crippen molar-refractivity contribution in [1.82, 2.24) is 25.3 Å². The lowest BCUT2D eigenvalue weighted by atomic mass is 10.1. The first-order valence-electron chi connectivity index (χ1n) is 6.77. The van der Waals surface area contributed by atoms with E-state index >= 15 is 0 Å². The summed E-state index contributed by atoms with van der Waals surface area (Å²) in [5.74, 6) is 1.33. The maximum atomic E-state index is 9.53. The fourth-order valence-electron chi connectivity index (χ4n) is 2.72. The topological polar surface area (TPSA) is 77.7 Å². The van der Waals surface area contributed by atoms with E-state index < -0.39 is 0 Å². The fourth-order valence-corrected chi connectivity index (χ4v) is 2.72. The second-order valence-corrected chi connectivity index (χ2v) is 5.60. The Morgan fingerprint density at radius 2 is 2.21 bits per heavy atom. The van der Waals surface area contributed by atoms with Gasteiger partial charge in [0.15, 0.2) is 5.82 Å². The number of hydrogen-bond acceptors (Lipinski definition) is 7. The first-order valence-corrected chi connectivity index (χ1v) is 6.77. The molecule has 0 bridgehead atoms. The van der Waals surface area contributed by atoms with Crippen LogP contribution in [0.1, 0.15) is 30.2 Å². The van der Waals surface area contributed by atoms with E-state index in [0.29, 0.717) is 18.9 Å². The monoisotopic (exact) mass is 267 g/mol. The lowest BCUT2D eigenvalue weighted by Gasteiger charge is -2.35. The zero-order chi connectivity index (χ0) is 13.4. The van der Waals surface area contributed by atoms with Gasteiger partial charge < -0.3 is 19.8 Å². The van der Waals surface area contributed by atoms with Gasteiger partial charge in [0.1, 0.15) is 0 Å².